The van der Waals surface area contributed by atoms with Gasteiger partial charge < -0.3 is 33.8 Å². The van der Waals surface area contributed by atoms with Crippen LogP contribution in [-0.2, 0) is 65.4 Å². The molecule has 0 aromatic carbocycles. The van der Waals surface area contributed by atoms with Gasteiger partial charge in [-0.25, -0.2) is 9.13 Å². The molecule has 0 heterocycles. The summed E-state index contributed by atoms with van der Waals surface area (Å²) >= 11 is 0. The first-order valence-corrected chi connectivity index (χ1v) is 43.5. The Morgan fingerprint density at radius 1 is 0.299 bits per heavy atom. The number of carbonyl (C=O) groups is 4. The summed E-state index contributed by atoms with van der Waals surface area (Å²) in [4.78, 5) is 72.8. The minimum absolute atomic E-state index is 0.107. The van der Waals surface area contributed by atoms with E-state index in [2.05, 4.69) is 41.5 Å². The molecule has 576 valence electrons. The number of phosphoric acid groups is 2. The number of aliphatic hydroxyl groups excluding tert-OH is 1. The predicted molar refractivity (Wildman–Crippen MR) is 395 cm³/mol. The second-order valence-corrected chi connectivity index (χ2v) is 31.7. The average molecular weight is 1420 g/mol. The van der Waals surface area contributed by atoms with Gasteiger partial charge in [0.2, 0.25) is 0 Å². The lowest BCUT2D eigenvalue weighted by atomic mass is 9.99. The Kier molecular flexibility index (Phi) is 68.4. The Balaban J connectivity index is 5.17. The molecule has 0 aliphatic heterocycles. The van der Waals surface area contributed by atoms with Gasteiger partial charge in [0.15, 0.2) is 12.2 Å². The molecule has 0 aromatic rings. The van der Waals surface area contributed by atoms with Crippen molar-refractivity contribution in [2.24, 2.45) is 11.8 Å². The summed E-state index contributed by atoms with van der Waals surface area (Å²) < 4.78 is 68.5. The molecule has 0 amide bonds. The highest BCUT2D eigenvalue weighted by molar-refractivity contribution is 7.47. The van der Waals surface area contributed by atoms with Gasteiger partial charge in [-0.15, -0.1) is 0 Å². The number of hydrogen-bond donors (Lipinski definition) is 3. The van der Waals surface area contributed by atoms with E-state index in [4.69, 9.17) is 37.0 Å². The largest absolute Gasteiger partial charge is 0.472 e. The van der Waals surface area contributed by atoms with Gasteiger partial charge in [0, 0.05) is 25.7 Å². The molecule has 0 aliphatic rings. The summed E-state index contributed by atoms with van der Waals surface area (Å²) in [5.74, 6) is -0.453. The maximum Gasteiger partial charge on any atom is 0.472 e. The second kappa shape index (κ2) is 69.8. The van der Waals surface area contributed by atoms with Crippen molar-refractivity contribution in [3.05, 3.63) is 0 Å². The van der Waals surface area contributed by atoms with E-state index in [0.29, 0.717) is 25.7 Å². The van der Waals surface area contributed by atoms with Gasteiger partial charge in [-0.05, 0) is 37.5 Å². The highest BCUT2D eigenvalue weighted by Crippen LogP contribution is 2.45. The van der Waals surface area contributed by atoms with Gasteiger partial charge in [-0.3, -0.25) is 37.3 Å². The second-order valence-electron chi connectivity index (χ2n) is 28.8. The van der Waals surface area contributed by atoms with E-state index in [9.17, 15) is 43.2 Å². The fraction of sp³-hybridized carbons (Fsp3) is 0.949. The molecule has 0 saturated heterocycles. The summed E-state index contributed by atoms with van der Waals surface area (Å²) in [6.45, 7) is 9.67. The zero-order valence-electron chi connectivity index (χ0n) is 63.4. The highest BCUT2D eigenvalue weighted by atomic mass is 31.2. The number of esters is 4. The first kappa shape index (κ1) is 95.1. The normalized spacial score (nSPS) is 14.2. The first-order valence-electron chi connectivity index (χ1n) is 40.5. The molecular weight excluding hydrogens is 1270 g/mol. The van der Waals surface area contributed by atoms with Crippen LogP contribution in [-0.4, -0.2) is 96.7 Å². The van der Waals surface area contributed by atoms with Crippen LogP contribution in [0, 0.1) is 11.8 Å². The number of carbonyl (C=O) groups excluding carboxylic acids is 4. The number of unbranched alkanes of at least 4 members (excludes halogenated alkanes) is 46. The summed E-state index contributed by atoms with van der Waals surface area (Å²) in [5.41, 5.74) is 0. The van der Waals surface area contributed by atoms with E-state index in [-0.39, 0.29) is 25.7 Å². The molecule has 0 bridgehead atoms. The topological polar surface area (TPSA) is 237 Å². The van der Waals surface area contributed by atoms with Crippen LogP contribution in [0.2, 0.25) is 0 Å². The van der Waals surface area contributed by atoms with Crippen molar-refractivity contribution in [2.75, 3.05) is 39.6 Å². The fourth-order valence-corrected chi connectivity index (χ4v) is 13.6. The van der Waals surface area contributed by atoms with Crippen LogP contribution in [0.3, 0.4) is 0 Å². The minimum Gasteiger partial charge on any atom is -0.462 e. The van der Waals surface area contributed by atoms with Crippen LogP contribution < -0.4 is 0 Å². The van der Waals surface area contributed by atoms with Crippen molar-refractivity contribution in [2.45, 2.75) is 426 Å². The smallest absolute Gasteiger partial charge is 0.462 e. The molecule has 0 radical (unpaired) electrons. The molecule has 0 spiro atoms. The lowest BCUT2D eigenvalue weighted by molar-refractivity contribution is -0.161. The molecule has 6 atom stereocenters. The van der Waals surface area contributed by atoms with Crippen LogP contribution in [0.1, 0.15) is 408 Å². The lowest BCUT2D eigenvalue weighted by Gasteiger charge is -2.21. The number of rotatable bonds is 77. The quantitative estimate of drug-likeness (QED) is 0.0222. The predicted octanol–water partition coefficient (Wildman–Crippen LogP) is 23.1. The van der Waals surface area contributed by atoms with E-state index >= 15 is 0 Å². The molecule has 3 unspecified atom stereocenters. The molecular formula is C78H152O17P2. The lowest BCUT2D eigenvalue weighted by Crippen LogP contribution is -2.30. The van der Waals surface area contributed by atoms with Gasteiger partial charge in [-0.1, -0.05) is 356 Å². The zero-order chi connectivity index (χ0) is 71.4. The maximum atomic E-state index is 13.1. The van der Waals surface area contributed by atoms with E-state index in [0.717, 1.165) is 102 Å². The summed E-state index contributed by atoms with van der Waals surface area (Å²) in [6.07, 6.45) is 58.3. The van der Waals surface area contributed by atoms with Crippen LogP contribution in [0.4, 0.5) is 0 Å². The van der Waals surface area contributed by atoms with Gasteiger partial charge in [0.05, 0.1) is 26.4 Å². The van der Waals surface area contributed by atoms with Gasteiger partial charge >= 0.3 is 39.5 Å². The average Bonchev–Trinajstić information content (AvgIpc) is 2.74. The van der Waals surface area contributed by atoms with Crippen LogP contribution >= 0.6 is 15.6 Å². The standard InChI is InChI=1S/C78H152O17P2/c1-7-10-12-14-16-18-37-44-50-56-62-77(82)94-73(66-88-75(80)60-54-48-42-34-17-15-13-11-8-2)68-92-96(84,85)90-64-72(79)65-91-97(86,87)93-69-74(67-89-76(81)61-55-49-43-38-32-29-25-26-30-35-40-46-52-58-70(4)5)95-78(83)63-57-51-45-39-33-28-24-22-20-19-21-23-27-31-36-41-47-53-59-71(6)9-3/h70-74,79H,7-69H2,1-6H3,(H,84,85)(H,86,87)/t71?,72-,73+,74+/m0/s1. The van der Waals surface area contributed by atoms with Crippen molar-refractivity contribution >= 4 is 39.5 Å². The van der Waals surface area contributed by atoms with Crippen molar-refractivity contribution in [1.82, 2.24) is 0 Å². The molecule has 17 nitrogen and oxygen atoms in total. The van der Waals surface area contributed by atoms with Crippen molar-refractivity contribution < 1.29 is 80.2 Å². The molecule has 3 N–H and O–H groups in total. The molecule has 97 heavy (non-hydrogen) atoms. The third-order valence-corrected chi connectivity index (χ3v) is 20.5. The summed E-state index contributed by atoms with van der Waals surface area (Å²) in [6, 6.07) is 0. The third-order valence-electron chi connectivity index (χ3n) is 18.6. The Hall–Kier alpha value is -1.94. The van der Waals surface area contributed by atoms with E-state index in [1.807, 2.05) is 0 Å². The highest BCUT2D eigenvalue weighted by Gasteiger charge is 2.30. The molecule has 0 aliphatic carbocycles. The Labute approximate surface area is 594 Å². The molecule has 0 fully saturated rings. The molecule has 0 saturated carbocycles. The Morgan fingerprint density at radius 2 is 0.526 bits per heavy atom. The van der Waals surface area contributed by atoms with Gasteiger partial charge in [-0.2, -0.15) is 0 Å². The van der Waals surface area contributed by atoms with E-state index in [1.54, 1.807) is 0 Å². The van der Waals surface area contributed by atoms with Crippen molar-refractivity contribution in [1.29, 1.82) is 0 Å². The number of hydrogen-bond acceptors (Lipinski definition) is 15. The van der Waals surface area contributed by atoms with E-state index in [1.165, 1.54) is 225 Å². The molecule has 0 aromatic heterocycles. The SMILES string of the molecule is CCCCCCCCCCCCC(=O)O[C@H](COC(=O)CCCCCCCCCCC)COP(=O)(O)OC[C@H](O)COP(=O)(O)OC[C@@H](COC(=O)CCCCCCCCCCCCCCCC(C)C)OC(=O)CCCCCCCCCCCCCCCCCCCCC(C)CC. The third kappa shape index (κ3) is 70.9. The number of aliphatic hydroxyl groups is 1. The maximum absolute atomic E-state index is 13.1. The Morgan fingerprint density at radius 3 is 0.784 bits per heavy atom. The van der Waals surface area contributed by atoms with Crippen LogP contribution in [0.5, 0.6) is 0 Å². The zero-order valence-corrected chi connectivity index (χ0v) is 65.2. The minimum atomic E-state index is -4.96. The number of phosphoric ester groups is 2. The van der Waals surface area contributed by atoms with Crippen molar-refractivity contribution in [3.8, 4) is 0 Å². The summed E-state index contributed by atoms with van der Waals surface area (Å²) in [7, 11) is -9.91. The van der Waals surface area contributed by atoms with Crippen LogP contribution in [0.25, 0.3) is 0 Å². The number of ether oxygens (including phenoxy) is 4. The molecule has 19 heteroatoms. The van der Waals surface area contributed by atoms with Gasteiger partial charge in [0.1, 0.15) is 19.3 Å². The van der Waals surface area contributed by atoms with Crippen LogP contribution in [0.15, 0.2) is 0 Å². The monoisotopic (exact) mass is 1420 g/mol. The van der Waals surface area contributed by atoms with E-state index < -0.39 is 97.5 Å². The van der Waals surface area contributed by atoms with Crippen molar-refractivity contribution in [3.63, 3.8) is 0 Å². The van der Waals surface area contributed by atoms with Gasteiger partial charge in [0.25, 0.3) is 0 Å². The fourth-order valence-electron chi connectivity index (χ4n) is 12.0. The Bertz CT molecular complexity index is 1870. The first-order chi connectivity index (χ1) is 46.9. The summed E-state index contributed by atoms with van der Waals surface area (Å²) in [5, 5.41) is 10.6. The molecule has 0 rings (SSSR count).